The first-order valence-corrected chi connectivity index (χ1v) is 13.0. The van der Waals surface area contributed by atoms with E-state index in [0.29, 0.717) is 41.5 Å². The van der Waals surface area contributed by atoms with Crippen LogP contribution in [0.1, 0.15) is 43.4 Å². The maximum absolute atomic E-state index is 12.9. The number of benzene rings is 2. The number of rotatable bonds is 8. The lowest BCUT2D eigenvalue weighted by Gasteiger charge is -2.31. The van der Waals surface area contributed by atoms with Crippen molar-refractivity contribution in [3.63, 3.8) is 0 Å². The predicted octanol–water partition coefficient (Wildman–Crippen LogP) is 4.81. The number of carbonyl (C=O) groups is 1. The van der Waals surface area contributed by atoms with Crippen LogP contribution in [0.4, 0.5) is 0 Å². The predicted molar refractivity (Wildman–Crippen MR) is 128 cm³/mol. The van der Waals surface area contributed by atoms with E-state index in [4.69, 9.17) is 27.9 Å². The number of halogens is 2. The van der Waals surface area contributed by atoms with Gasteiger partial charge in [-0.05, 0) is 54.7 Å². The van der Waals surface area contributed by atoms with Crippen LogP contribution < -0.4 is 10.1 Å². The smallest absolute Gasteiger partial charge is 0.223 e. The van der Waals surface area contributed by atoms with Gasteiger partial charge in [0.1, 0.15) is 5.75 Å². The molecule has 0 radical (unpaired) electrons. The van der Waals surface area contributed by atoms with Crippen molar-refractivity contribution in [3.8, 4) is 5.75 Å². The van der Waals surface area contributed by atoms with Crippen molar-refractivity contribution in [3.05, 3.63) is 63.6 Å². The van der Waals surface area contributed by atoms with E-state index in [9.17, 15) is 13.2 Å². The van der Waals surface area contributed by atoms with Crippen molar-refractivity contribution >= 4 is 39.1 Å². The fourth-order valence-electron chi connectivity index (χ4n) is 3.87. The first-order valence-electron chi connectivity index (χ1n) is 10.6. The third-order valence-electron chi connectivity index (χ3n) is 5.81. The molecule has 1 saturated heterocycles. The van der Waals surface area contributed by atoms with Crippen LogP contribution in [0, 0.1) is 5.92 Å². The first-order chi connectivity index (χ1) is 15.2. The van der Waals surface area contributed by atoms with Crippen molar-refractivity contribution in [2.75, 3.05) is 20.2 Å². The topological polar surface area (TPSA) is 75.7 Å². The number of nitrogens with zero attached hydrogens (tertiary/aromatic N) is 1. The average molecular weight is 499 g/mol. The maximum atomic E-state index is 12.9. The molecule has 1 heterocycles. The van der Waals surface area contributed by atoms with Gasteiger partial charge in [0.25, 0.3) is 0 Å². The Balaban J connectivity index is 1.57. The van der Waals surface area contributed by atoms with Crippen LogP contribution in [0.2, 0.25) is 10.0 Å². The van der Waals surface area contributed by atoms with E-state index in [0.717, 1.165) is 17.7 Å². The van der Waals surface area contributed by atoms with Gasteiger partial charge in [-0.15, -0.1) is 0 Å². The third kappa shape index (κ3) is 6.16. The van der Waals surface area contributed by atoms with Crippen LogP contribution in [0.25, 0.3) is 0 Å². The van der Waals surface area contributed by atoms with Crippen LogP contribution in [0.3, 0.4) is 0 Å². The number of amides is 1. The van der Waals surface area contributed by atoms with Gasteiger partial charge in [-0.2, -0.15) is 0 Å². The van der Waals surface area contributed by atoms with E-state index in [2.05, 4.69) is 5.32 Å². The molecule has 0 spiro atoms. The molecule has 0 aromatic heterocycles. The number of nitrogens with one attached hydrogen (secondary N) is 1. The zero-order valence-electron chi connectivity index (χ0n) is 18.2. The number of methoxy groups -OCH3 is 1. The molecule has 0 aliphatic carbocycles. The van der Waals surface area contributed by atoms with Crippen molar-refractivity contribution in [1.29, 1.82) is 0 Å². The largest absolute Gasteiger partial charge is 0.497 e. The Bertz CT molecular complexity index is 1040. The lowest BCUT2D eigenvalue weighted by molar-refractivity contribution is -0.126. The van der Waals surface area contributed by atoms with E-state index in [1.807, 2.05) is 31.2 Å². The highest BCUT2D eigenvalue weighted by molar-refractivity contribution is 7.88. The molecule has 0 bridgehead atoms. The van der Waals surface area contributed by atoms with Gasteiger partial charge in [0, 0.05) is 29.1 Å². The SMILES string of the molecule is CC[C@H](NC(=O)C1CCN(S(=O)(=O)Cc2ccc(Cl)cc2Cl)CC1)c1ccc(OC)cc1. The molecule has 1 aliphatic rings. The van der Waals surface area contributed by atoms with Crippen LogP contribution in [0.5, 0.6) is 5.75 Å². The molecule has 0 saturated carbocycles. The summed E-state index contributed by atoms with van der Waals surface area (Å²) in [5, 5.41) is 3.91. The van der Waals surface area contributed by atoms with Crippen molar-refractivity contribution < 1.29 is 17.9 Å². The number of hydrogen-bond acceptors (Lipinski definition) is 4. The van der Waals surface area contributed by atoms with Crippen molar-refractivity contribution in [2.24, 2.45) is 5.92 Å². The first kappa shape index (κ1) is 24.8. The minimum atomic E-state index is -3.54. The van der Waals surface area contributed by atoms with Gasteiger partial charge < -0.3 is 10.1 Å². The van der Waals surface area contributed by atoms with E-state index in [-0.39, 0.29) is 23.6 Å². The molecule has 6 nitrogen and oxygen atoms in total. The Morgan fingerprint density at radius 1 is 1.16 bits per heavy atom. The number of sulfonamides is 1. The fraction of sp³-hybridized carbons (Fsp3) is 0.435. The Hall–Kier alpha value is -1.80. The Morgan fingerprint density at radius 2 is 1.81 bits per heavy atom. The lowest BCUT2D eigenvalue weighted by Crippen LogP contribution is -2.44. The second-order valence-electron chi connectivity index (χ2n) is 7.91. The van der Waals surface area contributed by atoms with E-state index < -0.39 is 10.0 Å². The Morgan fingerprint density at radius 3 is 2.38 bits per heavy atom. The normalized spacial score (nSPS) is 16.5. The summed E-state index contributed by atoms with van der Waals surface area (Å²) >= 11 is 12.0. The molecular weight excluding hydrogens is 471 g/mol. The molecule has 2 aromatic carbocycles. The second kappa shape index (κ2) is 10.9. The van der Waals surface area contributed by atoms with Gasteiger partial charge in [0.05, 0.1) is 18.9 Å². The maximum Gasteiger partial charge on any atom is 0.223 e. The average Bonchev–Trinajstić information content (AvgIpc) is 2.79. The summed E-state index contributed by atoms with van der Waals surface area (Å²) in [7, 11) is -1.92. The van der Waals surface area contributed by atoms with Gasteiger partial charge >= 0.3 is 0 Å². The van der Waals surface area contributed by atoms with E-state index in [1.165, 1.54) is 10.4 Å². The standard InChI is InChI=1S/C23H28Cl2N2O4S/c1-3-22(16-5-8-20(31-2)9-6-16)26-23(28)17-10-12-27(13-11-17)32(29,30)15-18-4-7-19(24)14-21(18)25/h4-9,14,17,22H,3,10-13,15H2,1-2H3,(H,26,28)/t22-/m0/s1. The molecule has 1 aliphatic heterocycles. The molecule has 1 amide bonds. The number of hydrogen-bond donors (Lipinski definition) is 1. The molecule has 2 aromatic rings. The molecule has 3 rings (SSSR count). The second-order valence-corrected chi connectivity index (χ2v) is 10.7. The molecule has 1 fully saturated rings. The van der Waals surface area contributed by atoms with Crippen LogP contribution in [0.15, 0.2) is 42.5 Å². The summed E-state index contributed by atoms with van der Waals surface area (Å²) in [6.45, 7) is 2.64. The van der Waals surface area contributed by atoms with Crippen LogP contribution >= 0.6 is 23.2 Å². The fourth-order valence-corrected chi connectivity index (χ4v) is 6.02. The number of ether oxygens (including phenoxy) is 1. The summed E-state index contributed by atoms with van der Waals surface area (Å²) in [6.07, 6.45) is 1.73. The molecule has 1 atom stereocenters. The minimum absolute atomic E-state index is 0.0366. The van der Waals surface area contributed by atoms with E-state index in [1.54, 1.807) is 19.2 Å². The third-order valence-corrected chi connectivity index (χ3v) is 8.23. The zero-order chi connectivity index (χ0) is 23.3. The quantitative estimate of drug-likeness (QED) is 0.566. The lowest BCUT2D eigenvalue weighted by atomic mass is 9.95. The molecular formula is C23H28Cl2N2O4S. The summed E-state index contributed by atoms with van der Waals surface area (Å²) in [5.74, 6) is 0.330. The molecule has 9 heteroatoms. The van der Waals surface area contributed by atoms with Gasteiger partial charge in [0.2, 0.25) is 15.9 Å². The number of piperidine rings is 1. The highest BCUT2D eigenvalue weighted by Gasteiger charge is 2.32. The minimum Gasteiger partial charge on any atom is -0.497 e. The zero-order valence-corrected chi connectivity index (χ0v) is 20.5. The van der Waals surface area contributed by atoms with Gasteiger partial charge in [-0.3, -0.25) is 4.79 Å². The van der Waals surface area contributed by atoms with Gasteiger partial charge in [0.15, 0.2) is 0 Å². The molecule has 0 unspecified atom stereocenters. The van der Waals surface area contributed by atoms with Crippen molar-refractivity contribution in [2.45, 2.75) is 38.0 Å². The Kier molecular flexibility index (Phi) is 8.44. The molecule has 1 N–H and O–H groups in total. The van der Waals surface area contributed by atoms with Gasteiger partial charge in [-0.25, -0.2) is 12.7 Å². The summed E-state index contributed by atoms with van der Waals surface area (Å²) < 4.78 is 32.3. The summed E-state index contributed by atoms with van der Waals surface area (Å²) in [6, 6.07) is 12.4. The van der Waals surface area contributed by atoms with Gasteiger partial charge in [-0.1, -0.05) is 48.3 Å². The monoisotopic (exact) mass is 498 g/mol. The summed E-state index contributed by atoms with van der Waals surface area (Å²) in [4.78, 5) is 12.9. The van der Waals surface area contributed by atoms with E-state index >= 15 is 0 Å². The van der Waals surface area contributed by atoms with Crippen LogP contribution in [-0.2, 0) is 20.6 Å². The van der Waals surface area contributed by atoms with Crippen molar-refractivity contribution in [1.82, 2.24) is 9.62 Å². The van der Waals surface area contributed by atoms with Crippen LogP contribution in [-0.4, -0.2) is 38.8 Å². The number of carbonyl (C=O) groups excluding carboxylic acids is 1. The highest BCUT2D eigenvalue weighted by atomic mass is 35.5. The molecule has 32 heavy (non-hydrogen) atoms. The Labute approximate surface area is 199 Å². The highest BCUT2D eigenvalue weighted by Crippen LogP contribution is 2.27. The summed E-state index contributed by atoms with van der Waals surface area (Å²) in [5.41, 5.74) is 1.53. The molecule has 174 valence electrons.